The molecule has 3 aliphatic carbocycles. The summed E-state index contributed by atoms with van der Waals surface area (Å²) in [4.78, 5) is 0. The van der Waals surface area contributed by atoms with Crippen molar-refractivity contribution in [3.05, 3.63) is 59.9 Å². The summed E-state index contributed by atoms with van der Waals surface area (Å²) in [5.74, 6) is 2.60. The van der Waals surface area contributed by atoms with Crippen LogP contribution < -0.4 is 0 Å². The predicted molar refractivity (Wildman–Crippen MR) is 101 cm³/mol. The molecule has 3 aliphatic rings. The smallest absolute Gasteiger partial charge is 0.115 e. The first-order valence-electron chi connectivity index (χ1n) is 9.41. The molecule has 0 saturated heterocycles. The zero-order chi connectivity index (χ0) is 17.8. The molecule has 0 amide bonds. The van der Waals surface area contributed by atoms with Crippen molar-refractivity contribution in [1.82, 2.24) is 9.78 Å². The first kappa shape index (κ1) is 16.4. The van der Waals surface area contributed by atoms with E-state index in [2.05, 4.69) is 32.3 Å². The summed E-state index contributed by atoms with van der Waals surface area (Å²) in [6.45, 7) is 8.46. The summed E-state index contributed by atoms with van der Waals surface area (Å²) in [6.07, 6.45) is 8.31. The second-order valence-electron chi connectivity index (χ2n) is 8.14. The minimum absolute atomic E-state index is 0.270. The average Bonchev–Trinajstić information content (AvgIpc) is 3.11. The maximum absolute atomic E-state index is 9.78. The van der Waals surface area contributed by atoms with E-state index in [0.717, 1.165) is 18.3 Å². The molecule has 5 rings (SSSR count). The largest absolute Gasteiger partial charge is 0.508 e. The van der Waals surface area contributed by atoms with Crippen LogP contribution in [0.5, 0.6) is 5.75 Å². The number of phenols is 1. The third-order valence-corrected chi connectivity index (χ3v) is 6.99. The molecule has 1 saturated carbocycles. The minimum atomic E-state index is 0.270. The Balaban J connectivity index is 0.000000758. The summed E-state index contributed by atoms with van der Waals surface area (Å²) in [6, 6.07) is 6.05. The monoisotopic (exact) mass is 336 g/mol. The summed E-state index contributed by atoms with van der Waals surface area (Å²) in [7, 11) is 2.05. The van der Waals surface area contributed by atoms with Crippen LogP contribution in [0.1, 0.15) is 54.5 Å². The highest BCUT2D eigenvalue weighted by molar-refractivity contribution is 5.42. The van der Waals surface area contributed by atoms with Crippen molar-refractivity contribution >= 4 is 0 Å². The SMILES string of the molecule is C=C.Cn1cc2c(n1)C1(C)CCC3c4ccc(O)cc4CCC3C1C2. The maximum atomic E-state index is 9.78. The summed E-state index contributed by atoms with van der Waals surface area (Å²) >= 11 is 0. The van der Waals surface area contributed by atoms with Crippen molar-refractivity contribution in [2.45, 2.75) is 50.4 Å². The van der Waals surface area contributed by atoms with Gasteiger partial charge in [-0.1, -0.05) is 13.0 Å². The topological polar surface area (TPSA) is 38.0 Å². The number of aromatic nitrogens is 2. The lowest BCUT2D eigenvalue weighted by atomic mass is 9.55. The molecule has 3 nitrogen and oxygen atoms in total. The predicted octanol–water partition coefficient (Wildman–Crippen LogP) is 4.50. The van der Waals surface area contributed by atoms with Gasteiger partial charge in [0.1, 0.15) is 5.75 Å². The van der Waals surface area contributed by atoms with Gasteiger partial charge in [-0.25, -0.2) is 0 Å². The van der Waals surface area contributed by atoms with E-state index in [9.17, 15) is 5.11 Å². The Hall–Kier alpha value is -2.03. The molecule has 0 aliphatic heterocycles. The van der Waals surface area contributed by atoms with Gasteiger partial charge >= 0.3 is 0 Å². The van der Waals surface area contributed by atoms with E-state index in [1.165, 1.54) is 48.1 Å². The summed E-state index contributed by atoms with van der Waals surface area (Å²) in [5, 5.41) is 14.6. The minimum Gasteiger partial charge on any atom is -0.508 e. The first-order chi connectivity index (χ1) is 12.1. The Morgan fingerprint density at radius 1 is 1.24 bits per heavy atom. The molecule has 1 aromatic heterocycles. The molecule has 132 valence electrons. The average molecular weight is 336 g/mol. The van der Waals surface area contributed by atoms with E-state index in [1.807, 2.05) is 23.9 Å². The van der Waals surface area contributed by atoms with E-state index in [0.29, 0.717) is 11.7 Å². The number of benzene rings is 1. The van der Waals surface area contributed by atoms with Gasteiger partial charge in [0, 0.05) is 18.7 Å². The fraction of sp³-hybridized carbons (Fsp3) is 0.500. The highest BCUT2D eigenvalue weighted by Gasteiger charge is 2.54. The van der Waals surface area contributed by atoms with Crippen LogP contribution in [0.15, 0.2) is 37.6 Å². The van der Waals surface area contributed by atoms with Crippen molar-refractivity contribution in [2.24, 2.45) is 18.9 Å². The Morgan fingerprint density at radius 3 is 2.84 bits per heavy atom. The van der Waals surface area contributed by atoms with Gasteiger partial charge in [-0.15, -0.1) is 13.2 Å². The van der Waals surface area contributed by atoms with Gasteiger partial charge in [0.15, 0.2) is 0 Å². The molecule has 2 aromatic rings. The zero-order valence-electron chi connectivity index (χ0n) is 15.3. The lowest BCUT2D eigenvalue weighted by molar-refractivity contribution is 0.102. The fourth-order valence-electron chi connectivity index (χ4n) is 5.96. The third kappa shape index (κ3) is 2.28. The molecule has 1 N–H and O–H groups in total. The third-order valence-electron chi connectivity index (χ3n) is 6.99. The Bertz CT molecular complexity index is 808. The van der Waals surface area contributed by atoms with Gasteiger partial charge in [-0.3, -0.25) is 4.68 Å². The van der Waals surface area contributed by atoms with Crippen molar-refractivity contribution < 1.29 is 5.11 Å². The zero-order valence-corrected chi connectivity index (χ0v) is 15.3. The van der Waals surface area contributed by atoms with E-state index >= 15 is 0 Å². The number of nitrogens with zero attached hydrogens (tertiary/aromatic N) is 2. The number of aromatic hydroxyl groups is 1. The number of fused-ring (bicyclic) bond motifs is 7. The Morgan fingerprint density at radius 2 is 2.04 bits per heavy atom. The van der Waals surface area contributed by atoms with Crippen LogP contribution in [0.4, 0.5) is 0 Å². The normalized spacial score (nSPS) is 31.8. The van der Waals surface area contributed by atoms with E-state index in [1.54, 1.807) is 0 Å². The molecular formula is C22H28N2O. The van der Waals surface area contributed by atoms with E-state index in [-0.39, 0.29) is 5.41 Å². The molecule has 3 heteroatoms. The van der Waals surface area contributed by atoms with Gasteiger partial charge in [0.2, 0.25) is 0 Å². The van der Waals surface area contributed by atoms with Gasteiger partial charge in [-0.2, -0.15) is 5.10 Å². The molecule has 1 heterocycles. The van der Waals surface area contributed by atoms with Crippen molar-refractivity contribution in [3.63, 3.8) is 0 Å². The molecule has 0 bridgehead atoms. The van der Waals surface area contributed by atoms with E-state index < -0.39 is 0 Å². The molecular weight excluding hydrogens is 308 g/mol. The number of hydrogen-bond donors (Lipinski definition) is 1. The molecule has 4 atom stereocenters. The van der Waals surface area contributed by atoms with Crippen LogP contribution >= 0.6 is 0 Å². The molecule has 25 heavy (non-hydrogen) atoms. The maximum Gasteiger partial charge on any atom is 0.115 e. The van der Waals surface area contributed by atoms with Gasteiger partial charge in [-0.05, 0) is 78.7 Å². The molecule has 1 aromatic carbocycles. The standard InChI is InChI=1S/C20H24N2O.C2H4/c1-20-8-7-16-15-6-4-14(23)9-12(15)3-5-17(16)18(20)10-13-11-22(2)21-19(13)20;1-2/h4,6,9,11,16-18,23H,3,5,7-8,10H2,1-2H3;1-2H2. The molecule has 0 radical (unpaired) electrons. The van der Waals surface area contributed by atoms with Crippen molar-refractivity contribution in [1.29, 1.82) is 0 Å². The number of rotatable bonds is 0. The van der Waals surface area contributed by atoms with Gasteiger partial charge < -0.3 is 5.11 Å². The van der Waals surface area contributed by atoms with Gasteiger partial charge in [0.25, 0.3) is 0 Å². The molecule has 0 spiro atoms. The van der Waals surface area contributed by atoms with Crippen LogP contribution in [0.3, 0.4) is 0 Å². The second-order valence-corrected chi connectivity index (χ2v) is 8.14. The second kappa shape index (κ2) is 5.76. The number of hydrogen-bond acceptors (Lipinski definition) is 2. The molecule has 4 unspecified atom stereocenters. The van der Waals surface area contributed by atoms with Crippen LogP contribution in [-0.2, 0) is 25.3 Å². The van der Waals surface area contributed by atoms with Gasteiger partial charge in [0.05, 0.1) is 5.69 Å². The van der Waals surface area contributed by atoms with Crippen LogP contribution in [0.2, 0.25) is 0 Å². The lowest BCUT2D eigenvalue weighted by Crippen LogP contribution is -2.43. The van der Waals surface area contributed by atoms with E-state index in [4.69, 9.17) is 5.10 Å². The fourth-order valence-corrected chi connectivity index (χ4v) is 5.96. The first-order valence-corrected chi connectivity index (χ1v) is 9.41. The van der Waals surface area contributed by atoms with Crippen molar-refractivity contribution in [2.75, 3.05) is 0 Å². The van der Waals surface area contributed by atoms with Crippen LogP contribution in [-0.4, -0.2) is 14.9 Å². The highest BCUT2D eigenvalue weighted by Crippen LogP contribution is 2.59. The molecule has 1 fully saturated rings. The quantitative estimate of drug-likeness (QED) is 0.719. The highest BCUT2D eigenvalue weighted by atomic mass is 16.3. The Kier molecular flexibility index (Phi) is 3.78. The summed E-state index contributed by atoms with van der Waals surface area (Å²) in [5.41, 5.74) is 6.01. The van der Waals surface area contributed by atoms with Crippen LogP contribution in [0, 0.1) is 11.8 Å². The number of aryl methyl sites for hydroxylation is 2. The van der Waals surface area contributed by atoms with Crippen LogP contribution in [0.25, 0.3) is 0 Å². The van der Waals surface area contributed by atoms with Crippen molar-refractivity contribution in [3.8, 4) is 5.75 Å². The Labute approximate surface area is 150 Å². The number of phenolic OH excluding ortho intramolecular Hbond substituents is 1. The summed E-state index contributed by atoms with van der Waals surface area (Å²) < 4.78 is 2.00. The lowest BCUT2D eigenvalue weighted by Gasteiger charge is -2.49.